The lowest BCUT2D eigenvalue weighted by molar-refractivity contribution is -0.146. The summed E-state index contributed by atoms with van der Waals surface area (Å²) in [4.78, 5) is 18.9. The summed E-state index contributed by atoms with van der Waals surface area (Å²) in [5.74, 6) is 1.48. The second-order valence-corrected chi connectivity index (χ2v) is 8.67. The lowest BCUT2D eigenvalue weighted by Crippen LogP contribution is -2.40. The van der Waals surface area contributed by atoms with Gasteiger partial charge < -0.3 is 14.4 Å². The molecule has 33 heavy (non-hydrogen) atoms. The Kier molecular flexibility index (Phi) is 6.50. The molecule has 0 N–H and O–H groups in total. The Labute approximate surface area is 193 Å². The molecule has 0 unspecified atom stereocenters. The molecule has 4 heterocycles. The SMILES string of the molecule is CCOC(=O)CC1(C)CCN(c2ccc(-c3cc(OCC)cn4ncc(C#N)c34)cn2)CC1. The van der Waals surface area contributed by atoms with Crippen LogP contribution in [0.3, 0.4) is 0 Å². The van der Waals surface area contributed by atoms with Gasteiger partial charge in [0.05, 0.1) is 43.1 Å². The molecule has 1 aliphatic heterocycles. The fraction of sp³-hybridized carbons (Fsp3) is 0.440. The molecule has 0 aliphatic carbocycles. The highest BCUT2D eigenvalue weighted by Crippen LogP contribution is 2.37. The Morgan fingerprint density at radius 2 is 2.00 bits per heavy atom. The number of pyridine rings is 2. The number of anilines is 1. The van der Waals surface area contributed by atoms with Crippen molar-refractivity contribution in [2.75, 3.05) is 31.2 Å². The van der Waals surface area contributed by atoms with Crippen LogP contribution in [-0.4, -0.2) is 46.9 Å². The summed E-state index contributed by atoms with van der Waals surface area (Å²) in [5, 5.41) is 13.8. The van der Waals surface area contributed by atoms with E-state index in [0.29, 0.717) is 30.9 Å². The fourth-order valence-electron chi connectivity index (χ4n) is 4.39. The van der Waals surface area contributed by atoms with Crippen LogP contribution in [0.1, 0.15) is 45.6 Å². The van der Waals surface area contributed by atoms with Crippen LogP contribution in [0.2, 0.25) is 0 Å². The molecule has 0 radical (unpaired) electrons. The van der Waals surface area contributed by atoms with E-state index < -0.39 is 0 Å². The van der Waals surface area contributed by atoms with Crippen molar-refractivity contribution < 1.29 is 14.3 Å². The lowest BCUT2D eigenvalue weighted by atomic mass is 9.77. The number of fused-ring (bicyclic) bond motifs is 1. The molecule has 0 amide bonds. The molecule has 8 heteroatoms. The van der Waals surface area contributed by atoms with E-state index in [1.807, 2.05) is 38.2 Å². The average Bonchev–Trinajstić information content (AvgIpc) is 3.22. The number of piperidine rings is 1. The molecule has 0 atom stereocenters. The second kappa shape index (κ2) is 9.49. The summed E-state index contributed by atoms with van der Waals surface area (Å²) >= 11 is 0. The zero-order chi connectivity index (χ0) is 23.4. The van der Waals surface area contributed by atoms with Crippen molar-refractivity contribution in [3.05, 3.63) is 42.4 Å². The molecule has 0 aromatic carbocycles. The van der Waals surface area contributed by atoms with Crippen LogP contribution in [0.25, 0.3) is 16.6 Å². The van der Waals surface area contributed by atoms with Gasteiger partial charge in [0.1, 0.15) is 17.6 Å². The van der Waals surface area contributed by atoms with Gasteiger partial charge in [-0.05, 0) is 50.3 Å². The van der Waals surface area contributed by atoms with Gasteiger partial charge in [0, 0.05) is 30.4 Å². The molecule has 1 aliphatic rings. The predicted molar refractivity (Wildman–Crippen MR) is 125 cm³/mol. The normalized spacial score (nSPS) is 15.3. The standard InChI is InChI=1S/C25H29N5O3/c1-4-32-20-12-21(24-19(14-26)16-28-30(24)17-20)18-6-7-22(27-15-18)29-10-8-25(3,9-11-29)13-23(31)33-5-2/h6-7,12,15-17H,4-5,8-11,13H2,1-3H3. The molecule has 1 saturated heterocycles. The summed E-state index contributed by atoms with van der Waals surface area (Å²) in [6.45, 7) is 8.57. The Balaban J connectivity index is 1.54. The predicted octanol–water partition coefficient (Wildman–Crippen LogP) is 4.23. The number of ether oxygens (including phenoxy) is 2. The van der Waals surface area contributed by atoms with E-state index in [0.717, 1.165) is 48.4 Å². The third-order valence-corrected chi connectivity index (χ3v) is 6.25. The highest BCUT2D eigenvalue weighted by atomic mass is 16.5. The third-order valence-electron chi connectivity index (χ3n) is 6.25. The first-order valence-corrected chi connectivity index (χ1v) is 11.4. The van der Waals surface area contributed by atoms with Gasteiger partial charge in [0.15, 0.2) is 0 Å². The molecular formula is C25H29N5O3. The summed E-state index contributed by atoms with van der Waals surface area (Å²) in [7, 11) is 0. The van der Waals surface area contributed by atoms with Crippen LogP contribution in [0.5, 0.6) is 5.75 Å². The number of carbonyl (C=O) groups is 1. The second-order valence-electron chi connectivity index (χ2n) is 8.67. The van der Waals surface area contributed by atoms with Gasteiger partial charge in [-0.1, -0.05) is 6.92 Å². The number of hydrogen-bond donors (Lipinski definition) is 0. The molecule has 0 saturated carbocycles. The highest BCUT2D eigenvalue weighted by molar-refractivity contribution is 5.85. The molecule has 3 aromatic heterocycles. The Morgan fingerprint density at radius 3 is 2.64 bits per heavy atom. The quantitative estimate of drug-likeness (QED) is 0.501. The maximum Gasteiger partial charge on any atom is 0.306 e. The summed E-state index contributed by atoms with van der Waals surface area (Å²) < 4.78 is 12.5. The summed E-state index contributed by atoms with van der Waals surface area (Å²) in [6.07, 6.45) is 7.46. The minimum Gasteiger partial charge on any atom is -0.492 e. The number of carbonyl (C=O) groups excluding carboxylic acids is 1. The number of nitriles is 1. The van der Waals surface area contributed by atoms with Crippen molar-refractivity contribution in [3.8, 4) is 22.9 Å². The van der Waals surface area contributed by atoms with E-state index in [1.165, 1.54) is 0 Å². The minimum absolute atomic E-state index is 0.0380. The topological polar surface area (TPSA) is 92.7 Å². The maximum absolute atomic E-state index is 11.9. The zero-order valence-electron chi connectivity index (χ0n) is 19.4. The van der Waals surface area contributed by atoms with Crippen LogP contribution in [0.4, 0.5) is 5.82 Å². The Bertz CT molecular complexity index is 1170. The van der Waals surface area contributed by atoms with E-state index in [2.05, 4.69) is 23.0 Å². The molecule has 0 bridgehead atoms. The van der Waals surface area contributed by atoms with Gasteiger partial charge >= 0.3 is 5.97 Å². The van der Waals surface area contributed by atoms with Gasteiger partial charge in [0.25, 0.3) is 0 Å². The van der Waals surface area contributed by atoms with Gasteiger partial charge in [-0.15, -0.1) is 0 Å². The smallest absolute Gasteiger partial charge is 0.306 e. The van der Waals surface area contributed by atoms with Crippen molar-refractivity contribution in [2.45, 2.75) is 40.0 Å². The molecular weight excluding hydrogens is 418 g/mol. The first-order valence-electron chi connectivity index (χ1n) is 11.4. The third kappa shape index (κ3) is 4.77. The van der Waals surface area contributed by atoms with Crippen molar-refractivity contribution in [3.63, 3.8) is 0 Å². The zero-order valence-corrected chi connectivity index (χ0v) is 19.4. The van der Waals surface area contributed by atoms with Crippen molar-refractivity contribution >= 4 is 17.3 Å². The first kappa shape index (κ1) is 22.6. The van der Waals surface area contributed by atoms with Crippen molar-refractivity contribution in [2.24, 2.45) is 5.41 Å². The van der Waals surface area contributed by atoms with Crippen LogP contribution >= 0.6 is 0 Å². The maximum atomic E-state index is 11.9. The van der Waals surface area contributed by atoms with E-state index in [1.54, 1.807) is 16.9 Å². The number of esters is 1. The minimum atomic E-state index is -0.117. The summed E-state index contributed by atoms with van der Waals surface area (Å²) in [5.41, 5.74) is 2.96. The lowest BCUT2D eigenvalue weighted by Gasteiger charge is -2.39. The van der Waals surface area contributed by atoms with Crippen molar-refractivity contribution in [1.82, 2.24) is 14.6 Å². The van der Waals surface area contributed by atoms with Crippen LogP contribution in [-0.2, 0) is 9.53 Å². The van der Waals surface area contributed by atoms with Crippen LogP contribution < -0.4 is 9.64 Å². The molecule has 0 spiro atoms. The summed E-state index contributed by atoms with van der Waals surface area (Å²) in [6, 6.07) is 8.18. The highest BCUT2D eigenvalue weighted by Gasteiger charge is 2.33. The van der Waals surface area contributed by atoms with Gasteiger partial charge in [0.2, 0.25) is 0 Å². The van der Waals surface area contributed by atoms with E-state index in [9.17, 15) is 10.1 Å². The molecule has 4 rings (SSSR count). The fourth-order valence-corrected chi connectivity index (χ4v) is 4.39. The number of nitrogens with zero attached hydrogens (tertiary/aromatic N) is 5. The first-order chi connectivity index (χ1) is 16.0. The number of hydrogen-bond acceptors (Lipinski definition) is 7. The largest absolute Gasteiger partial charge is 0.492 e. The van der Waals surface area contributed by atoms with Gasteiger partial charge in [-0.25, -0.2) is 9.50 Å². The van der Waals surface area contributed by atoms with Crippen LogP contribution in [0.15, 0.2) is 36.8 Å². The van der Waals surface area contributed by atoms with E-state index in [4.69, 9.17) is 14.5 Å². The van der Waals surface area contributed by atoms with E-state index in [-0.39, 0.29) is 11.4 Å². The number of rotatable bonds is 7. The van der Waals surface area contributed by atoms with E-state index >= 15 is 0 Å². The van der Waals surface area contributed by atoms with Crippen molar-refractivity contribution in [1.29, 1.82) is 5.26 Å². The number of aromatic nitrogens is 3. The molecule has 1 fully saturated rings. The average molecular weight is 448 g/mol. The molecule has 3 aromatic rings. The molecule has 8 nitrogen and oxygen atoms in total. The van der Waals surface area contributed by atoms with Crippen LogP contribution in [0, 0.1) is 16.7 Å². The Morgan fingerprint density at radius 1 is 1.21 bits per heavy atom. The van der Waals surface area contributed by atoms with Gasteiger partial charge in [-0.3, -0.25) is 4.79 Å². The van der Waals surface area contributed by atoms with Gasteiger partial charge in [-0.2, -0.15) is 10.4 Å². The molecule has 172 valence electrons. The monoisotopic (exact) mass is 447 g/mol. The Hall–Kier alpha value is -3.60.